The van der Waals surface area contributed by atoms with Crippen LogP contribution in [-0.4, -0.2) is 67.0 Å². The number of piperidine rings is 1. The second-order valence-corrected chi connectivity index (χ2v) is 6.12. The maximum absolute atomic E-state index is 11.6. The standard InChI is InChI=1S/C14H24N4O2/c19-13-9-16-14(20)18(13)8-7-17(12-1-2-12)10-11-3-5-15-6-4-11/h11-12,15H,1-10H2,(H,16,20). The molecule has 0 unspecified atom stereocenters. The molecule has 2 N–H and O–H groups in total. The number of amides is 3. The normalized spacial score (nSPS) is 24.6. The minimum absolute atomic E-state index is 0.0902. The van der Waals surface area contributed by atoms with E-state index in [0.717, 1.165) is 32.1 Å². The van der Waals surface area contributed by atoms with Gasteiger partial charge in [0, 0.05) is 25.7 Å². The first-order valence-corrected chi connectivity index (χ1v) is 7.77. The third-order valence-electron chi connectivity index (χ3n) is 4.56. The van der Waals surface area contributed by atoms with Gasteiger partial charge in [-0.2, -0.15) is 0 Å². The number of carbonyl (C=O) groups excluding carboxylic acids is 2. The summed E-state index contributed by atoms with van der Waals surface area (Å²) in [6.07, 6.45) is 5.02. The molecule has 1 saturated carbocycles. The van der Waals surface area contributed by atoms with Gasteiger partial charge in [-0.25, -0.2) is 4.79 Å². The van der Waals surface area contributed by atoms with Gasteiger partial charge in [0.25, 0.3) is 0 Å². The Labute approximate surface area is 119 Å². The minimum atomic E-state index is -0.229. The van der Waals surface area contributed by atoms with Crippen molar-refractivity contribution in [1.29, 1.82) is 0 Å². The van der Waals surface area contributed by atoms with E-state index in [9.17, 15) is 9.59 Å². The fourth-order valence-corrected chi connectivity index (χ4v) is 3.17. The first-order chi connectivity index (χ1) is 9.74. The summed E-state index contributed by atoms with van der Waals surface area (Å²) in [7, 11) is 0. The summed E-state index contributed by atoms with van der Waals surface area (Å²) in [5.41, 5.74) is 0. The molecular weight excluding hydrogens is 256 g/mol. The lowest BCUT2D eigenvalue weighted by Gasteiger charge is -2.30. The Morgan fingerprint density at radius 3 is 2.50 bits per heavy atom. The first-order valence-electron chi connectivity index (χ1n) is 7.77. The van der Waals surface area contributed by atoms with Gasteiger partial charge in [0.2, 0.25) is 5.91 Å². The molecule has 6 nitrogen and oxygen atoms in total. The van der Waals surface area contributed by atoms with Crippen LogP contribution < -0.4 is 10.6 Å². The van der Waals surface area contributed by atoms with Crippen molar-refractivity contribution >= 4 is 11.9 Å². The van der Waals surface area contributed by atoms with Crippen LogP contribution in [0, 0.1) is 5.92 Å². The van der Waals surface area contributed by atoms with E-state index in [4.69, 9.17) is 0 Å². The van der Waals surface area contributed by atoms with E-state index in [1.54, 1.807) is 0 Å². The molecule has 2 heterocycles. The van der Waals surface area contributed by atoms with E-state index in [-0.39, 0.29) is 18.5 Å². The van der Waals surface area contributed by atoms with Crippen LogP contribution in [0.4, 0.5) is 4.79 Å². The Bertz CT molecular complexity index is 361. The van der Waals surface area contributed by atoms with Crippen LogP contribution in [0.15, 0.2) is 0 Å². The zero-order chi connectivity index (χ0) is 13.9. The highest BCUT2D eigenvalue weighted by molar-refractivity contribution is 6.01. The lowest BCUT2D eigenvalue weighted by atomic mass is 9.97. The maximum Gasteiger partial charge on any atom is 0.324 e. The zero-order valence-corrected chi connectivity index (χ0v) is 11.9. The number of urea groups is 1. The minimum Gasteiger partial charge on any atom is -0.329 e. The monoisotopic (exact) mass is 280 g/mol. The molecular formula is C14H24N4O2. The number of nitrogens with one attached hydrogen (secondary N) is 2. The van der Waals surface area contributed by atoms with Gasteiger partial charge in [0.15, 0.2) is 0 Å². The highest BCUT2D eigenvalue weighted by Gasteiger charge is 2.33. The van der Waals surface area contributed by atoms with Crippen molar-refractivity contribution < 1.29 is 9.59 Å². The molecule has 112 valence electrons. The predicted octanol–water partition coefficient (Wildman–Crippen LogP) is 0.00220. The molecule has 0 aromatic carbocycles. The van der Waals surface area contributed by atoms with Crippen LogP contribution in [0.5, 0.6) is 0 Å². The van der Waals surface area contributed by atoms with Gasteiger partial charge in [0.1, 0.15) is 0 Å². The molecule has 6 heteroatoms. The third-order valence-corrected chi connectivity index (χ3v) is 4.56. The van der Waals surface area contributed by atoms with Crippen molar-refractivity contribution in [2.45, 2.75) is 31.7 Å². The molecule has 0 spiro atoms. The van der Waals surface area contributed by atoms with E-state index in [1.807, 2.05) is 0 Å². The molecule has 3 aliphatic rings. The average Bonchev–Trinajstić information content (AvgIpc) is 3.25. The number of hydrogen-bond acceptors (Lipinski definition) is 4. The molecule has 3 amide bonds. The van der Waals surface area contributed by atoms with Crippen LogP contribution in [0.3, 0.4) is 0 Å². The van der Waals surface area contributed by atoms with E-state index < -0.39 is 0 Å². The van der Waals surface area contributed by atoms with Crippen molar-refractivity contribution in [2.75, 3.05) is 39.3 Å². The van der Waals surface area contributed by atoms with Crippen molar-refractivity contribution in [3.8, 4) is 0 Å². The van der Waals surface area contributed by atoms with Gasteiger partial charge in [-0.3, -0.25) is 14.6 Å². The second-order valence-electron chi connectivity index (χ2n) is 6.12. The molecule has 0 bridgehead atoms. The Morgan fingerprint density at radius 1 is 1.15 bits per heavy atom. The molecule has 1 aliphatic carbocycles. The molecule has 3 rings (SSSR count). The van der Waals surface area contributed by atoms with Crippen LogP contribution in [0.2, 0.25) is 0 Å². The summed E-state index contributed by atoms with van der Waals surface area (Å²) >= 11 is 0. The summed E-state index contributed by atoms with van der Waals surface area (Å²) in [4.78, 5) is 27.0. The lowest BCUT2D eigenvalue weighted by molar-refractivity contribution is -0.125. The predicted molar refractivity (Wildman–Crippen MR) is 75.3 cm³/mol. The molecule has 2 saturated heterocycles. The fraction of sp³-hybridized carbons (Fsp3) is 0.857. The van der Waals surface area contributed by atoms with Crippen LogP contribution in [0.1, 0.15) is 25.7 Å². The Kier molecular flexibility index (Phi) is 4.21. The summed E-state index contributed by atoms with van der Waals surface area (Å²) in [6, 6.07) is 0.457. The summed E-state index contributed by atoms with van der Waals surface area (Å²) in [5.74, 6) is 0.674. The highest BCUT2D eigenvalue weighted by atomic mass is 16.2. The number of nitrogens with zero attached hydrogens (tertiary/aromatic N) is 2. The molecule has 0 aromatic rings. The van der Waals surface area contributed by atoms with E-state index >= 15 is 0 Å². The van der Waals surface area contributed by atoms with Gasteiger partial charge in [-0.15, -0.1) is 0 Å². The first kappa shape index (κ1) is 13.8. The van der Waals surface area contributed by atoms with Gasteiger partial charge in [0.05, 0.1) is 6.54 Å². The third kappa shape index (κ3) is 3.30. The topological polar surface area (TPSA) is 64.7 Å². The van der Waals surface area contributed by atoms with Crippen molar-refractivity contribution in [1.82, 2.24) is 20.4 Å². The molecule has 0 radical (unpaired) electrons. The summed E-state index contributed by atoms with van der Waals surface area (Å²) in [5, 5.41) is 5.98. The van der Waals surface area contributed by atoms with Crippen LogP contribution >= 0.6 is 0 Å². The summed E-state index contributed by atoms with van der Waals surface area (Å²) < 4.78 is 0. The average molecular weight is 280 g/mol. The largest absolute Gasteiger partial charge is 0.329 e. The quantitative estimate of drug-likeness (QED) is 0.672. The molecule has 20 heavy (non-hydrogen) atoms. The smallest absolute Gasteiger partial charge is 0.324 e. The van der Waals surface area contributed by atoms with E-state index in [2.05, 4.69) is 15.5 Å². The Morgan fingerprint density at radius 2 is 1.90 bits per heavy atom. The molecule has 0 atom stereocenters. The number of rotatable bonds is 6. The highest BCUT2D eigenvalue weighted by Crippen LogP contribution is 2.28. The van der Waals surface area contributed by atoms with Crippen molar-refractivity contribution in [3.05, 3.63) is 0 Å². The second kappa shape index (κ2) is 6.10. The number of carbonyl (C=O) groups is 2. The van der Waals surface area contributed by atoms with E-state index in [0.29, 0.717) is 12.6 Å². The molecule has 2 aliphatic heterocycles. The lowest BCUT2D eigenvalue weighted by Crippen LogP contribution is -2.42. The van der Waals surface area contributed by atoms with Gasteiger partial charge in [-0.05, 0) is 44.7 Å². The van der Waals surface area contributed by atoms with Gasteiger partial charge >= 0.3 is 6.03 Å². The molecule has 3 fully saturated rings. The number of hydrogen-bond donors (Lipinski definition) is 2. The summed E-state index contributed by atoms with van der Waals surface area (Å²) in [6.45, 7) is 4.89. The van der Waals surface area contributed by atoms with Crippen molar-refractivity contribution in [2.24, 2.45) is 5.92 Å². The molecule has 0 aromatic heterocycles. The zero-order valence-electron chi connectivity index (χ0n) is 11.9. The van der Waals surface area contributed by atoms with Crippen molar-refractivity contribution in [3.63, 3.8) is 0 Å². The Balaban J connectivity index is 1.49. The van der Waals surface area contributed by atoms with E-state index in [1.165, 1.54) is 30.6 Å². The maximum atomic E-state index is 11.6. The number of imide groups is 1. The van der Waals surface area contributed by atoms with Crippen LogP contribution in [0.25, 0.3) is 0 Å². The van der Waals surface area contributed by atoms with Crippen LogP contribution in [-0.2, 0) is 4.79 Å². The van der Waals surface area contributed by atoms with Gasteiger partial charge in [-0.1, -0.05) is 0 Å². The Hall–Kier alpha value is -1.14. The van der Waals surface area contributed by atoms with Gasteiger partial charge < -0.3 is 10.6 Å². The fourth-order valence-electron chi connectivity index (χ4n) is 3.17. The SMILES string of the molecule is O=C1CNC(=O)N1CCN(CC1CCNCC1)C1CC1.